The van der Waals surface area contributed by atoms with Crippen LogP contribution in [0.15, 0.2) is 36.5 Å². The summed E-state index contributed by atoms with van der Waals surface area (Å²) in [5, 5.41) is 4.98. The number of benzene rings is 1. The Labute approximate surface area is 176 Å². The molecule has 1 aromatic carbocycles. The minimum atomic E-state index is 0.0176. The van der Waals surface area contributed by atoms with E-state index in [1.54, 1.807) is 6.20 Å². The zero-order chi connectivity index (χ0) is 20.4. The highest BCUT2D eigenvalue weighted by Crippen LogP contribution is 2.33. The van der Waals surface area contributed by atoms with Gasteiger partial charge in [-0.25, -0.2) is 9.97 Å². The molecule has 1 aliphatic heterocycles. The van der Waals surface area contributed by atoms with E-state index < -0.39 is 0 Å². The first-order chi connectivity index (χ1) is 14.0. The van der Waals surface area contributed by atoms with Gasteiger partial charge in [0.05, 0.1) is 11.3 Å². The summed E-state index contributed by atoms with van der Waals surface area (Å²) in [6.45, 7) is 5.48. The molecule has 0 saturated carbocycles. The van der Waals surface area contributed by atoms with Crippen molar-refractivity contribution >= 4 is 39.9 Å². The molecule has 0 atom stereocenters. The van der Waals surface area contributed by atoms with Gasteiger partial charge in [-0.1, -0.05) is 30.5 Å². The zero-order valence-corrected chi connectivity index (χ0v) is 17.6. The topological polar surface area (TPSA) is 58.1 Å². The Morgan fingerprint density at radius 2 is 1.83 bits per heavy atom. The molecule has 5 nitrogen and oxygen atoms in total. The van der Waals surface area contributed by atoms with Crippen LogP contribution in [-0.4, -0.2) is 33.9 Å². The number of fused-ring (bicyclic) bond motifs is 1. The minimum Gasteiger partial charge on any atom is -0.354 e. The van der Waals surface area contributed by atoms with Gasteiger partial charge in [-0.05, 0) is 56.5 Å². The van der Waals surface area contributed by atoms with Crippen molar-refractivity contribution in [3.8, 4) is 0 Å². The van der Waals surface area contributed by atoms with Crippen LogP contribution in [0.3, 0.4) is 0 Å². The van der Waals surface area contributed by atoms with E-state index in [9.17, 15) is 4.79 Å². The molecule has 150 valence electrons. The summed E-state index contributed by atoms with van der Waals surface area (Å²) in [6.07, 6.45) is 6.10. The number of pyridine rings is 2. The molecule has 0 aliphatic carbocycles. The van der Waals surface area contributed by atoms with Gasteiger partial charge in [0.25, 0.3) is 5.91 Å². The first-order valence-electron chi connectivity index (χ1n) is 10.1. The van der Waals surface area contributed by atoms with E-state index in [0.717, 1.165) is 53.9 Å². The van der Waals surface area contributed by atoms with Crippen LogP contribution >= 0.6 is 11.6 Å². The quantitative estimate of drug-likeness (QED) is 0.607. The number of amides is 1. The third-order valence-electron chi connectivity index (χ3n) is 5.52. The van der Waals surface area contributed by atoms with Crippen molar-refractivity contribution in [2.24, 2.45) is 0 Å². The Balaban J connectivity index is 1.83. The Morgan fingerprint density at radius 1 is 1.07 bits per heavy atom. The Morgan fingerprint density at radius 3 is 2.59 bits per heavy atom. The largest absolute Gasteiger partial charge is 0.354 e. The van der Waals surface area contributed by atoms with E-state index in [-0.39, 0.29) is 5.91 Å². The first kappa shape index (κ1) is 19.6. The van der Waals surface area contributed by atoms with Gasteiger partial charge >= 0.3 is 0 Å². The number of nitrogens with one attached hydrogen (secondary N) is 1. The molecule has 2 aromatic heterocycles. The maximum absolute atomic E-state index is 13.4. The van der Waals surface area contributed by atoms with Crippen LogP contribution in [0.25, 0.3) is 11.0 Å². The van der Waals surface area contributed by atoms with Crippen molar-refractivity contribution in [3.63, 3.8) is 0 Å². The summed E-state index contributed by atoms with van der Waals surface area (Å²) in [4.78, 5) is 24.4. The zero-order valence-electron chi connectivity index (χ0n) is 16.8. The lowest BCUT2D eigenvalue weighted by molar-refractivity contribution is 0.0762. The van der Waals surface area contributed by atoms with Crippen molar-refractivity contribution in [3.05, 3.63) is 58.4 Å². The van der Waals surface area contributed by atoms with Crippen LogP contribution in [0.4, 0.5) is 11.4 Å². The molecule has 1 fully saturated rings. The number of likely N-dealkylation sites (tertiary alicyclic amines) is 1. The fourth-order valence-corrected chi connectivity index (χ4v) is 3.96. The number of carbonyl (C=O) groups excluding carboxylic acids is 1. The van der Waals surface area contributed by atoms with Gasteiger partial charge in [-0.2, -0.15) is 0 Å². The van der Waals surface area contributed by atoms with Crippen LogP contribution < -0.4 is 5.32 Å². The van der Waals surface area contributed by atoms with Gasteiger partial charge in [-0.3, -0.25) is 4.79 Å². The van der Waals surface area contributed by atoms with Gasteiger partial charge in [0.2, 0.25) is 0 Å². The SMILES string of the molecule is Cc1ccc2c(Nc3cccc(Cl)c3C)c(C(=O)N3CCCCCC3)cnc2n1. The summed E-state index contributed by atoms with van der Waals surface area (Å²) < 4.78 is 0. The predicted molar refractivity (Wildman–Crippen MR) is 118 cm³/mol. The van der Waals surface area contributed by atoms with Crippen LogP contribution in [0, 0.1) is 13.8 Å². The molecular formula is C23H25ClN4O. The lowest BCUT2D eigenvalue weighted by atomic mass is 10.1. The molecule has 3 aromatic rings. The van der Waals surface area contributed by atoms with Crippen LogP contribution in [0.1, 0.15) is 47.3 Å². The maximum Gasteiger partial charge on any atom is 0.257 e. The number of halogens is 1. The number of nitrogens with zero attached hydrogens (tertiary/aromatic N) is 3. The van der Waals surface area contributed by atoms with Crippen LogP contribution in [0.2, 0.25) is 5.02 Å². The third-order valence-corrected chi connectivity index (χ3v) is 5.93. The third kappa shape index (κ3) is 4.06. The molecule has 1 amide bonds. The molecule has 0 spiro atoms. The van der Waals surface area contributed by atoms with Gasteiger partial charge in [0.15, 0.2) is 5.65 Å². The molecule has 0 radical (unpaired) electrons. The second-order valence-electron chi connectivity index (χ2n) is 7.61. The number of hydrogen-bond acceptors (Lipinski definition) is 4. The van der Waals surface area contributed by atoms with Gasteiger partial charge in [-0.15, -0.1) is 0 Å². The summed E-state index contributed by atoms with van der Waals surface area (Å²) in [7, 11) is 0. The average molecular weight is 409 g/mol. The number of hydrogen-bond donors (Lipinski definition) is 1. The molecule has 0 bridgehead atoms. The van der Waals surface area contributed by atoms with E-state index >= 15 is 0 Å². The summed E-state index contributed by atoms with van der Waals surface area (Å²) in [5.41, 5.74) is 4.63. The number of aromatic nitrogens is 2. The molecular weight excluding hydrogens is 384 g/mol. The summed E-state index contributed by atoms with van der Waals surface area (Å²) in [6, 6.07) is 9.66. The van der Waals surface area contributed by atoms with Crippen molar-refractivity contribution in [1.29, 1.82) is 0 Å². The normalized spacial score (nSPS) is 14.7. The molecule has 6 heteroatoms. The number of anilines is 2. The fraction of sp³-hybridized carbons (Fsp3) is 0.348. The predicted octanol–water partition coefficient (Wildman–Crippen LogP) is 5.66. The van der Waals surface area contributed by atoms with Crippen molar-refractivity contribution < 1.29 is 4.79 Å². The second-order valence-corrected chi connectivity index (χ2v) is 8.02. The number of carbonyl (C=O) groups is 1. The Hall–Kier alpha value is -2.66. The fourth-order valence-electron chi connectivity index (χ4n) is 3.79. The molecule has 29 heavy (non-hydrogen) atoms. The summed E-state index contributed by atoms with van der Waals surface area (Å²) >= 11 is 6.32. The molecule has 1 aliphatic rings. The van der Waals surface area contributed by atoms with E-state index in [1.807, 2.05) is 49.1 Å². The standard InChI is InChI=1S/C23H25ClN4O/c1-15-10-11-17-21(27-20-9-7-8-19(24)16(20)2)18(14-25-22(17)26-15)23(29)28-12-5-3-4-6-13-28/h7-11,14H,3-6,12-13H2,1-2H3,(H,25,26,27). The Bertz CT molecular complexity index is 1060. The highest BCUT2D eigenvalue weighted by atomic mass is 35.5. The smallest absolute Gasteiger partial charge is 0.257 e. The van der Waals surface area contributed by atoms with Gasteiger partial charge in [0, 0.05) is 41.1 Å². The van der Waals surface area contributed by atoms with E-state index in [2.05, 4.69) is 15.3 Å². The van der Waals surface area contributed by atoms with Crippen molar-refractivity contribution in [1.82, 2.24) is 14.9 Å². The number of rotatable bonds is 3. The molecule has 3 heterocycles. The molecule has 1 saturated heterocycles. The maximum atomic E-state index is 13.4. The lowest BCUT2D eigenvalue weighted by Gasteiger charge is -2.23. The van der Waals surface area contributed by atoms with E-state index in [4.69, 9.17) is 11.6 Å². The van der Waals surface area contributed by atoms with Gasteiger partial charge in [0.1, 0.15) is 0 Å². The van der Waals surface area contributed by atoms with E-state index in [0.29, 0.717) is 16.2 Å². The highest BCUT2D eigenvalue weighted by molar-refractivity contribution is 6.31. The second kappa shape index (κ2) is 8.37. The highest BCUT2D eigenvalue weighted by Gasteiger charge is 2.23. The van der Waals surface area contributed by atoms with Crippen molar-refractivity contribution in [2.45, 2.75) is 39.5 Å². The lowest BCUT2D eigenvalue weighted by Crippen LogP contribution is -2.32. The van der Waals surface area contributed by atoms with Crippen LogP contribution in [-0.2, 0) is 0 Å². The first-order valence-corrected chi connectivity index (χ1v) is 10.5. The Kier molecular flexibility index (Phi) is 5.67. The van der Waals surface area contributed by atoms with Crippen molar-refractivity contribution in [2.75, 3.05) is 18.4 Å². The number of aryl methyl sites for hydroxylation is 1. The van der Waals surface area contributed by atoms with Crippen LogP contribution in [0.5, 0.6) is 0 Å². The molecule has 1 N–H and O–H groups in total. The van der Waals surface area contributed by atoms with Gasteiger partial charge < -0.3 is 10.2 Å². The minimum absolute atomic E-state index is 0.0176. The van der Waals surface area contributed by atoms with E-state index in [1.165, 1.54) is 12.8 Å². The average Bonchev–Trinajstić information content (AvgIpc) is 3.00. The molecule has 0 unspecified atom stereocenters. The molecule has 4 rings (SSSR count). The monoisotopic (exact) mass is 408 g/mol. The summed E-state index contributed by atoms with van der Waals surface area (Å²) in [5.74, 6) is 0.0176.